The minimum atomic E-state index is 0.268. The molecule has 2 rings (SSSR count). The Morgan fingerprint density at radius 3 is 3.21 bits per heavy atom. The second-order valence-electron chi connectivity index (χ2n) is 3.85. The monoisotopic (exact) mass is 191 g/mol. The molecule has 1 heterocycles. The second-order valence-corrected chi connectivity index (χ2v) is 3.85. The molecule has 76 valence electrons. The van der Waals surface area contributed by atoms with E-state index < -0.39 is 0 Å². The van der Waals surface area contributed by atoms with Gasteiger partial charge in [-0.3, -0.25) is 0 Å². The molecule has 1 saturated heterocycles. The van der Waals surface area contributed by atoms with Crippen LogP contribution in [0.5, 0.6) is 0 Å². The third-order valence-electron chi connectivity index (χ3n) is 2.67. The van der Waals surface area contributed by atoms with Gasteiger partial charge in [-0.25, -0.2) is 0 Å². The lowest BCUT2D eigenvalue weighted by Crippen LogP contribution is -2.40. The second kappa shape index (κ2) is 4.58. The number of allylic oxidation sites excluding steroid dienone is 4. The largest absolute Gasteiger partial charge is 0.371 e. The van der Waals surface area contributed by atoms with Gasteiger partial charge in [-0.15, -0.1) is 0 Å². The maximum absolute atomic E-state index is 5.75. The van der Waals surface area contributed by atoms with Crippen LogP contribution in [0.4, 0.5) is 0 Å². The summed E-state index contributed by atoms with van der Waals surface area (Å²) in [4.78, 5) is 2.32. The van der Waals surface area contributed by atoms with Crippen LogP contribution in [0.25, 0.3) is 0 Å². The van der Waals surface area contributed by atoms with Crippen molar-refractivity contribution in [2.75, 3.05) is 26.7 Å². The molecule has 0 aromatic carbocycles. The van der Waals surface area contributed by atoms with Gasteiger partial charge in [-0.1, -0.05) is 30.4 Å². The molecular weight excluding hydrogens is 174 g/mol. The molecule has 0 amide bonds. The van der Waals surface area contributed by atoms with E-state index in [2.05, 4.69) is 42.3 Å². The standard InChI is InChI=1S/C12H17NO/c1-13-8-9-14-12(10-13)11-6-4-2-3-5-7-11/h2-4,6-7,12H,5,8-10H2,1H3/t12-/m0/s1. The third-order valence-corrected chi connectivity index (χ3v) is 2.67. The third kappa shape index (κ3) is 2.34. The molecule has 0 saturated carbocycles. The topological polar surface area (TPSA) is 12.5 Å². The van der Waals surface area contributed by atoms with Crippen molar-refractivity contribution >= 4 is 0 Å². The summed E-state index contributed by atoms with van der Waals surface area (Å²) in [6.45, 7) is 2.90. The molecule has 0 bridgehead atoms. The van der Waals surface area contributed by atoms with Gasteiger partial charge < -0.3 is 9.64 Å². The summed E-state index contributed by atoms with van der Waals surface area (Å²) < 4.78 is 5.75. The van der Waals surface area contributed by atoms with Crippen LogP contribution in [-0.4, -0.2) is 37.7 Å². The van der Waals surface area contributed by atoms with E-state index in [1.165, 1.54) is 5.57 Å². The Labute approximate surface area is 85.5 Å². The molecule has 0 spiro atoms. The summed E-state index contributed by atoms with van der Waals surface area (Å²) in [6, 6.07) is 0. The Balaban J connectivity index is 2.03. The van der Waals surface area contributed by atoms with Crippen LogP contribution in [0.3, 0.4) is 0 Å². The van der Waals surface area contributed by atoms with Crippen LogP contribution in [-0.2, 0) is 4.74 Å². The predicted molar refractivity (Wildman–Crippen MR) is 58.2 cm³/mol. The molecule has 1 aliphatic heterocycles. The van der Waals surface area contributed by atoms with E-state index in [4.69, 9.17) is 4.74 Å². The Hall–Kier alpha value is -0.860. The first kappa shape index (κ1) is 9.69. The molecule has 1 fully saturated rings. The van der Waals surface area contributed by atoms with Gasteiger partial charge in [-0.05, 0) is 19.0 Å². The molecule has 1 aliphatic carbocycles. The maximum atomic E-state index is 5.75. The van der Waals surface area contributed by atoms with Crippen molar-refractivity contribution in [3.63, 3.8) is 0 Å². The van der Waals surface area contributed by atoms with E-state index in [0.29, 0.717) is 0 Å². The Morgan fingerprint density at radius 2 is 2.36 bits per heavy atom. The van der Waals surface area contributed by atoms with E-state index in [-0.39, 0.29) is 6.10 Å². The summed E-state index contributed by atoms with van der Waals surface area (Å²) in [6.07, 6.45) is 12.1. The Kier molecular flexibility index (Phi) is 3.17. The SMILES string of the molecule is CN1CCO[C@H](C2=CCC=CC=C2)C1. The molecule has 0 aromatic heterocycles. The van der Waals surface area contributed by atoms with Crippen molar-refractivity contribution < 1.29 is 4.74 Å². The molecule has 0 unspecified atom stereocenters. The molecular formula is C12H17NO. The normalized spacial score (nSPS) is 28.6. The number of morpholine rings is 1. The fourth-order valence-corrected chi connectivity index (χ4v) is 1.81. The fraction of sp³-hybridized carbons (Fsp3) is 0.500. The number of likely N-dealkylation sites (N-methyl/N-ethyl adjacent to an activating group) is 1. The number of rotatable bonds is 1. The summed E-state index contributed by atoms with van der Waals surface area (Å²) in [5, 5.41) is 0. The van der Waals surface area contributed by atoms with Crippen molar-refractivity contribution in [3.05, 3.63) is 36.0 Å². The minimum Gasteiger partial charge on any atom is -0.371 e. The predicted octanol–water partition coefficient (Wildman–Crippen LogP) is 1.76. The van der Waals surface area contributed by atoms with Crippen LogP contribution in [0.1, 0.15) is 6.42 Å². The summed E-state index contributed by atoms with van der Waals surface area (Å²) in [5.74, 6) is 0. The average Bonchev–Trinajstić information content (AvgIpc) is 2.45. The molecule has 14 heavy (non-hydrogen) atoms. The molecule has 2 heteroatoms. The van der Waals surface area contributed by atoms with E-state index in [1.807, 2.05) is 0 Å². The lowest BCUT2D eigenvalue weighted by atomic mass is 10.1. The van der Waals surface area contributed by atoms with Gasteiger partial charge in [0.15, 0.2) is 0 Å². The lowest BCUT2D eigenvalue weighted by molar-refractivity contribution is 0.00249. The van der Waals surface area contributed by atoms with Crippen LogP contribution in [0.2, 0.25) is 0 Å². The van der Waals surface area contributed by atoms with E-state index in [0.717, 1.165) is 26.1 Å². The van der Waals surface area contributed by atoms with Crippen molar-refractivity contribution in [1.82, 2.24) is 4.90 Å². The minimum absolute atomic E-state index is 0.268. The van der Waals surface area contributed by atoms with E-state index in [9.17, 15) is 0 Å². The van der Waals surface area contributed by atoms with Gasteiger partial charge in [0, 0.05) is 13.1 Å². The fourth-order valence-electron chi connectivity index (χ4n) is 1.81. The van der Waals surface area contributed by atoms with Gasteiger partial charge in [0.1, 0.15) is 0 Å². The van der Waals surface area contributed by atoms with Crippen molar-refractivity contribution in [2.24, 2.45) is 0 Å². The number of hydrogen-bond acceptors (Lipinski definition) is 2. The molecule has 2 nitrogen and oxygen atoms in total. The highest BCUT2D eigenvalue weighted by molar-refractivity contribution is 5.30. The molecule has 2 aliphatic rings. The number of ether oxygens (including phenoxy) is 1. The highest BCUT2D eigenvalue weighted by Crippen LogP contribution is 2.16. The van der Waals surface area contributed by atoms with Crippen LogP contribution in [0.15, 0.2) is 36.0 Å². The lowest BCUT2D eigenvalue weighted by Gasteiger charge is -2.30. The first-order valence-electron chi connectivity index (χ1n) is 5.19. The number of nitrogens with zero attached hydrogens (tertiary/aromatic N) is 1. The van der Waals surface area contributed by atoms with Crippen LogP contribution in [0, 0.1) is 0 Å². The van der Waals surface area contributed by atoms with Crippen molar-refractivity contribution in [1.29, 1.82) is 0 Å². The summed E-state index contributed by atoms with van der Waals surface area (Å²) in [7, 11) is 2.15. The Bertz CT molecular complexity index is 278. The van der Waals surface area contributed by atoms with Gasteiger partial charge in [0.05, 0.1) is 12.7 Å². The first-order valence-corrected chi connectivity index (χ1v) is 5.19. The maximum Gasteiger partial charge on any atom is 0.0949 e. The zero-order valence-electron chi connectivity index (χ0n) is 8.65. The molecule has 0 aromatic rings. The molecule has 1 atom stereocenters. The number of hydrogen-bond donors (Lipinski definition) is 0. The first-order chi connectivity index (χ1) is 6.86. The van der Waals surface area contributed by atoms with E-state index >= 15 is 0 Å². The van der Waals surface area contributed by atoms with Crippen LogP contribution < -0.4 is 0 Å². The average molecular weight is 191 g/mol. The van der Waals surface area contributed by atoms with Crippen molar-refractivity contribution in [3.8, 4) is 0 Å². The Morgan fingerprint density at radius 1 is 1.43 bits per heavy atom. The van der Waals surface area contributed by atoms with Gasteiger partial charge in [0.25, 0.3) is 0 Å². The summed E-state index contributed by atoms with van der Waals surface area (Å²) in [5.41, 5.74) is 1.32. The van der Waals surface area contributed by atoms with Gasteiger partial charge in [0.2, 0.25) is 0 Å². The van der Waals surface area contributed by atoms with Gasteiger partial charge >= 0.3 is 0 Å². The highest BCUT2D eigenvalue weighted by Gasteiger charge is 2.19. The molecule has 0 N–H and O–H groups in total. The van der Waals surface area contributed by atoms with Crippen molar-refractivity contribution in [2.45, 2.75) is 12.5 Å². The zero-order valence-corrected chi connectivity index (χ0v) is 8.65. The highest BCUT2D eigenvalue weighted by atomic mass is 16.5. The van der Waals surface area contributed by atoms with Gasteiger partial charge in [-0.2, -0.15) is 0 Å². The quantitative estimate of drug-likeness (QED) is 0.626. The summed E-state index contributed by atoms with van der Waals surface area (Å²) >= 11 is 0. The smallest absolute Gasteiger partial charge is 0.0949 e. The molecule has 0 radical (unpaired) electrons. The van der Waals surface area contributed by atoms with Crippen LogP contribution >= 0.6 is 0 Å². The zero-order chi connectivity index (χ0) is 9.80. The van der Waals surface area contributed by atoms with E-state index in [1.54, 1.807) is 0 Å².